The number of hydrogen-bond acceptors (Lipinski definition) is 5. The van der Waals surface area contributed by atoms with Crippen molar-refractivity contribution in [1.82, 2.24) is 9.97 Å². The summed E-state index contributed by atoms with van der Waals surface area (Å²) < 4.78 is 25.9. The third-order valence-electron chi connectivity index (χ3n) is 5.39. The summed E-state index contributed by atoms with van der Waals surface area (Å²) in [5, 5.41) is 9.08. The third-order valence-corrected chi connectivity index (χ3v) is 5.39. The Hall–Kier alpha value is -3.32. The predicted molar refractivity (Wildman–Crippen MR) is 112 cm³/mol. The van der Waals surface area contributed by atoms with Crippen LogP contribution in [0.1, 0.15) is 48.7 Å². The van der Waals surface area contributed by atoms with Crippen molar-refractivity contribution >= 4 is 5.97 Å². The predicted octanol–water partition coefficient (Wildman–Crippen LogP) is 4.90. The van der Waals surface area contributed by atoms with Crippen molar-refractivity contribution in [1.29, 1.82) is 0 Å². The number of carboxylic acids is 1. The number of halogens is 1. The minimum atomic E-state index is -0.929. The molecule has 31 heavy (non-hydrogen) atoms. The Balaban J connectivity index is 1.53. The minimum Gasteiger partial charge on any atom is -0.481 e. The molecule has 0 fully saturated rings. The van der Waals surface area contributed by atoms with Gasteiger partial charge >= 0.3 is 5.97 Å². The lowest BCUT2D eigenvalue weighted by Crippen LogP contribution is -2.11. The number of fused-ring (bicyclic) bond motifs is 1. The Kier molecular flexibility index (Phi) is 6.23. The molecular weight excluding hydrogens is 399 g/mol. The molecule has 1 aromatic carbocycles. The summed E-state index contributed by atoms with van der Waals surface area (Å²) in [6.07, 6.45) is 3.71. The van der Waals surface area contributed by atoms with E-state index in [0.717, 1.165) is 29.5 Å². The molecule has 0 amide bonds. The van der Waals surface area contributed by atoms with Crippen molar-refractivity contribution in [2.45, 2.75) is 38.4 Å². The average molecular weight is 422 g/mol. The fraction of sp³-hybridized carbons (Fsp3) is 0.292. The number of nitrogens with zero attached hydrogens (tertiary/aromatic N) is 2. The number of hydrogen-bond donors (Lipinski definition) is 1. The van der Waals surface area contributed by atoms with E-state index in [1.165, 1.54) is 6.20 Å². The number of aromatic nitrogens is 2. The van der Waals surface area contributed by atoms with Crippen LogP contribution >= 0.6 is 0 Å². The van der Waals surface area contributed by atoms with E-state index in [1.807, 2.05) is 25.1 Å². The molecule has 1 aliphatic rings. The lowest BCUT2D eigenvalue weighted by Gasteiger charge is -2.17. The van der Waals surface area contributed by atoms with E-state index < -0.39 is 18.0 Å². The Morgan fingerprint density at radius 3 is 2.74 bits per heavy atom. The number of carbonyl (C=O) groups is 1. The molecule has 1 aliphatic carbocycles. The van der Waals surface area contributed by atoms with Gasteiger partial charge in [0.05, 0.1) is 12.5 Å². The van der Waals surface area contributed by atoms with Crippen LogP contribution < -0.4 is 4.74 Å². The van der Waals surface area contributed by atoms with Gasteiger partial charge < -0.3 is 14.6 Å². The summed E-state index contributed by atoms with van der Waals surface area (Å²) in [5.74, 6) is -0.963. The molecule has 3 aromatic rings. The minimum absolute atomic E-state index is 0.126. The van der Waals surface area contributed by atoms with E-state index in [2.05, 4.69) is 9.97 Å². The molecule has 0 aliphatic heterocycles. The van der Waals surface area contributed by atoms with Crippen LogP contribution in [0.3, 0.4) is 0 Å². The van der Waals surface area contributed by atoms with E-state index >= 15 is 0 Å². The molecule has 0 radical (unpaired) electrons. The zero-order valence-corrected chi connectivity index (χ0v) is 17.1. The fourth-order valence-electron chi connectivity index (χ4n) is 4.01. The van der Waals surface area contributed by atoms with E-state index in [-0.39, 0.29) is 12.5 Å². The Bertz CT molecular complexity index is 1070. The molecule has 0 saturated heterocycles. The van der Waals surface area contributed by atoms with Gasteiger partial charge in [-0.2, -0.15) is 4.39 Å². The monoisotopic (exact) mass is 422 g/mol. The fourth-order valence-corrected chi connectivity index (χ4v) is 4.01. The second kappa shape index (κ2) is 9.22. The largest absolute Gasteiger partial charge is 0.481 e. The molecule has 2 atom stereocenters. The van der Waals surface area contributed by atoms with Gasteiger partial charge in [0, 0.05) is 30.6 Å². The first-order chi connectivity index (χ1) is 15.1. The SMILES string of the molecule is CCO[C@@H](CC(=O)O)c1ccc(O[C@@H]2CCc3c(-c4cccnc4F)cccc32)nc1. The van der Waals surface area contributed by atoms with Crippen molar-refractivity contribution in [3.8, 4) is 17.0 Å². The van der Waals surface area contributed by atoms with Gasteiger partial charge in [-0.1, -0.05) is 18.2 Å². The number of benzene rings is 1. The van der Waals surface area contributed by atoms with Crippen LogP contribution in [-0.2, 0) is 16.0 Å². The maximum absolute atomic E-state index is 14.2. The first kappa shape index (κ1) is 20.9. The molecule has 0 bridgehead atoms. The number of ether oxygens (including phenoxy) is 2. The van der Waals surface area contributed by atoms with Crippen LogP contribution in [0.5, 0.6) is 5.88 Å². The molecule has 0 saturated carbocycles. The molecule has 6 nitrogen and oxygen atoms in total. The van der Waals surface area contributed by atoms with E-state index in [0.29, 0.717) is 23.6 Å². The van der Waals surface area contributed by atoms with Gasteiger partial charge in [-0.25, -0.2) is 9.97 Å². The maximum Gasteiger partial charge on any atom is 0.306 e. The first-order valence-electron chi connectivity index (χ1n) is 10.3. The highest BCUT2D eigenvalue weighted by Gasteiger charge is 2.28. The summed E-state index contributed by atoms with van der Waals surface area (Å²) in [4.78, 5) is 19.2. The van der Waals surface area contributed by atoms with Gasteiger partial charge in [0.2, 0.25) is 11.8 Å². The molecule has 2 aromatic heterocycles. The molecule has 4 rings (SSSR count). The van der Waals surface area contributed by atoms with E-state index in [1.54, 1.807) is 30.5 Å². The van der Waals surface area contributed by atoms with Gasteiger partial charge in [0.1, 0.15) is 6.10 Å². The smallest absolute Gasteiger partial charge is 0.306 e. The lowest BCUT2D eigenvalue weighted by atomic mass is 9.97. The summed E-state index contributed by atoms with van der Waals surface area (Å²) in [5.41, 5.74) is 4.10. The molecule has 1 N–H and O–H groups in total. The number of aliphatic carboxylic acids is 1. The van der Waals surface area contributed by atoms with Crippen molar-refractivity contribution in [3.63, 3.8) is 0 Å². The highest BCUT2D eigenvalue weighted by Crippen LogP contribution is 2.40. The highest BCUT2D eigenvalue weighted by atomic mass is 19.1. The van der Waals surface area contributed by atoms with Crippen LogP contribution in [-0.4, -0.2) is 27.7 Å². The van der Waals surface area contributed by atoms with Crippen LogP contribution in [0.15, 0.2) is 54.9 Å². The van der Waals surface area contributed by atoms with E-state index in [9.17, 15) is 9.18 Å². The van der Waals surface area contributed by atoms with Crippen molar-refractivity contribution in [2.24, 2.45) is 0 Å². The quantitative estimate of drug-likeness (QED) is 0.520. The topological polar surface area (TPSA) is 81.5 Å². The second-order valence-corrected chi connectivity index (χ2v) is 7.33. The number of carboxylic acid groups (broad SMARTS) is 1. The summed E-state index contributed by atoms with van der Waals surface area (Å²) in [6.45, 7) is 2.23. The van der Waals surface area contributed by atoms with Crippen LogP contribution in [0, 0.1) is 5.95 Å². The van der Waals surface area contributed by atoms with Gasteiger partial charge in [-0.05, 0) is 60.2 Å². The van der Waals surface area contributed by atoms with Gasteiger partial charge in [0.15, 0.2) is 0 Å². The lowest BCUT2D eigenvalue weighted by molar-refractivity contribution is -0.140. The number of pyridine rings is 2. The van der Waals surface area contributed by atoms with Crippen molar-refractivity contribution < 1.29 is 23.8 Å². The summed E-state index contributed by atoms with van der Waals surface area (Å²) >= 11 is 0. The maximum atomic E-state index is 14.2. The first-order valence-corrected chi connectivity index (χ1v) is 10.3. The summed E-state index contributed by atoms with van der Waals surface area (Å²) in [7, 11) is 0. The van der Waals surface area contributed by atoms with Crippen LogP contribution in [0.2, 0.25) is 0 Å². The third kappa shape index (κ3) is 4.56. The summed E-state index contributed by atoms with van der Waals surface area (Å²) in [6, 6.07) is 12.8. The Labute approximate surface area is 179 Å². The van der Waals surface area contributed by atoms with Gasteiger partial charge in [-0.15, -0.1) is 0 Å². The van der Waals surface area contributed by atoms with Crippen LogP contribution in [0.4, 0.5) is 4.39 Å². The van der Waals surface area contributed by atoms with Gasteiger partial charge in [0.25, 0.3) is 0 Å². The molecule has 0 spiro atoms. The van der Waals surface area contributed by atoms with Gasteiger partial charge in [-0.3, -0.25) is 4.79 Å². The zero-order chi connectivity index (χ0) is 21.8. The molecule has 2 heterocycles. The Morgan fingerprint density at radius 1 is 1.19 bits per heavy atom. The normalized spacial score (nSPS) is 16.0. The molecule has 7 heteroatoms. The van der Waals surface area contributed by atoms with Crippen LogP contribution in [0.25, 0.3) is 11.1 Å². The highest BCUT2D eigenvalue weighted by molar-refractivity contribution is 5.69. The standard InChI is InChI=1S/C24H23FN2O4/c1-2-30-21(13-23(28)29)15-8-11-22(27-14-15)31-20-10-9-17-16(5-3-6-18(17)20)19-7-4-12-26-24(19)25/h3-8,11-12,14,20-21H,2,9-10,13H2,1H3,(H,28,29)/t20-,21+/m1/s1. The van der Waals surface area contributed by atoms with Crippen molar-refractivity contribution in [3.05, 3.63) is 77.5 Å². The zero-order valence-electron chi connectivity index (χ0n) is 17.1. The van der Waals surface area contributed by atoms with E-state index in [4.69, 9.17) is 14.6 Å². The van der Waals surface area contributed by atoms with Crippen molar-refractivity contribution in [2.75, 3.05) is 6.61 Å². The Morgan fingerprint density at radius 2 is 2.03 bits per heavy atom. The average Bonchev–Trinajstić information content (AvgIpc) is 3.17. The number of rotatable bonds is 8. The molecule has 160 valence electrons. The second-order valence-electron chi connectivity index (χ2n) is 7.33. The molecular formula is C24H23FN2O4. The molecule has 0 unspecified atom stereocenters.